The summed E-state index contributed by atoms with van der Waals surface area (Å²) in [4.78, 5) is 14.6. The number of likely N-dealkylation sites (N-methyl/N-ethyl adjacent to an activating group) is 1. The molecule has 1 unspecified atom stereocenters. The predicted molar refractivity (Wildman–Crippen MR) is 95.8 cm³/mol. The van der Waals surface area contributed by atoms with Gasteiger partial charge in [0, 0.05) is 18.1 Å². The van der Waals surface area contributed by atoms with Gasteiger partial charge in [-0.2, -0.15) is 0 Å². The summed E-state index contributed by atoms with van der Waals surface area (Å²) in [5.74, 6) is -0.365. The highest BCUT2D eigenvalue weighted by Crippen LogP contribution is 2.29. The number of aromatic nitrogens is 1. The molecule has 2 N–H and O–H groups in total. The molecule has 0 saturated carbocycles. The van der Waals surface area contributed by atoms with E-state index in [4.69, 9.17) is 4.74 Å². The van der Waals surface area contributed by atoms with Gasteiger partial charge in [-0.1, -0.05) is 18.2 Å². The second-order valence-electron chi connectivity index (χ2n) is 6.25. The first kappa shape index (κ1) is 17.4. The van der Waals surface area contributed by atoms with Gasteiger partial charge in [-0.05, 0) is 37.9 Å². The molecule has 2 aromatic heterocycles. The van der Waals surface area contributed by atoms with Gasteiger partial charge >= 0.3 is 5.97 Å². The summed E-state index contributed by atoms with van der Waals surface area (Å²) in [7, 11) is 3.84. The van der Waals surface area contributed by atoms with E-state index in [1.54, 1.807) is 18.2 Å². The number of hydrogen-bond acceptors (Lipinski definition) is 5. The van der Waals surface area contributed by atoms with E-state index in [2.05, 4.69) is 0 Å². The lowest BCUT2D eigenvalue weighted by molar-refractivity contribution is 0.0486. The Morgan fingerprint density at radius 2 is 2.04 bits per heavy atom. The zero-order chi connectivity index (χ0) is 18.0. The Hall–Kier alpha value is -2.41. The number of rotatable bonds is 6. The van der Waals surface area contributed by atoms with Crippen LogP contribution in [0, 0.1) is 0 Å². The van der Waals surface area contributed by atoms with Crippen molar-refractivity contribution >= 4 is 22.4 Å². The normalized spacial score (nSPS) is 12.8. The van der Waals surface area contributed by atoms with Gasteiger partial charge < -0.3 is 24.3 Å². The van der Waals surface area contributed by atoms with E-state index in [0.29, 0.717) is 24.3 Å². The number of pyridine rings is 1. The predicted octanol–water partition coefficient (Wildman–Crippen LogP) is 1.84. The van der Waals surface area contributed by atoms with Crippen molar-refractivity contribution in [1.82, 2.24) is 9.30 Å². The van der Waals surface area contributed by atoms with Gasteiger partial charge in [0.25, 0.3) is 0 Å². The number of nitrogens with zero attached hydrogens (tertiary/aromatic N) is 2. The molecular formula is C19H22N2O4. The van der Waals surface area contributed by atoms with Gasteiger partial charge in [0.2, 0.25) is 0 Å². The van der Waals surface area contributed by atoms with Crippen molar-refractivity contribution in [2.24, 2.45) is 0 Å². The maximum absolute atomic E-state index is 12.6. The van der Waals surface area contributed by atoms with E-state index < -0.39 is 6.10 Å². The summed E-state index contributed by atoms with van der Waals surface area (Å²) < 4.78 is 7.32. The standard InChI is InChI=1S/C19H22N2O4/c1-20(2)9-10-25-19(24)18-14-7-6-13(17(23)12-22)11-16(14)21-8-4-3-5-15(18)21/h3-8,11,17,22-23H,9-10,12H2,1-2H3. The molecule has 2 heterocycles. The molecule has 6 nitrogen and oxygen atoms in total. The monoisotopic (exact) mass is 342 g/mol. The third-order valence-electron chi connectivity index (χ3n) is 4.20. The summed E-state index contributed by atoms with van der Waals surface area (Å²) in [6.07, 6.45) is 0.915. The van der Waals surface area contributed by atoms with Crippen molar-refractivity contribution < 1.29 is 19.7 Å². The zero-order valence-corrected chi connectivity index (χ0v) is 14.3. The molecule has 25 heavy (non-hydrogen) atoms. The Morgan fingerprint density at radius 3 is 2.76 bits per heavy atom. The van der Waals surface area contributed by atoms with Crippen LogP contribution in [-0.2, 0) is 4.74 Å². The second-order valence-corrected chi connectivity index (χ2v) is 6.25. The van der Waals surface area contributed by atoms with Crippen LogP contribution in [-0.4, -0.2) is 59.3 Å². The number of carbonyl (C=O) groups is 1. The average Bonchev–Trinajstić information content (AvgIpc) is 2.94. The van der Waals surface area contributed by atoms with Crippen LogP contribution in [0.25, 0.3) is 16.4 Å². The Bertz CT molecular complexity index is 901. The van der Waals surface area contributed by atoms with Crippen LogP contribution in [0.1, 0.15) is 22.0 Å². The quantitative estimate of drug-likeness (QED) is 0.669. The minimum Gasteiger partial charge on any atom is -0.461 e. The van der Waals surface area contributed by atoms with Crippen molar-refractivity contribution in [3.8, 4) is 0 Å². The van der Waals surface area contributed by atoms with Crippen molar-refractivity contribution in [1.29, 1.82) is 0 Å². The van der Waals surface area contributed by atoms with Crippen LogP contribution in [0.4, 0.5) is 0 Å². The first-order valence-electron chi connectivity index (χ1n) is 8.16. The van der Waals surface area contributed by atoms with Crippen LogP contribution >= 0.6 is 0 Å². The minimum atomic E-state index is -0.950. The molecule has 0 saturated heterocycles. The molecule has 1 aromatic carbocycles. The smallest absolute Gasteiger partial charge is 0.341 e. The molecule has 0 aliphatic heterocycles. The number of aliphatic hydroxyl groups is 2. The molecule has 0 fully saturated rings. The van der Waals surface area contributed by atoms with E-state index in [0.717, 1.165) is 16.4 Å². The van der Waals surface area contributed by atoms with Crippen LogP contribution in [0.5, 0.6) is 0 Å². The molecule has 0 spiro atoms. The minimum absolute atomic E-state index is 0.318. The van der Waals surface area contributed by atoms with E-state index in [-0.39, 0.29) is 12.6 Å². The first-order valence-corrected chi connectivity index (χ1v) is 8.16. The lowest BCUT2D eigenvalue weighted by Gasteiger charge is -2.10. The molecule has 1 atom stereocenters. The molecular weight excluding hydrogens is 320 g/mol. The number of benzene rings is 1. The molecule has 3 rings (SSSR count). The van der Waals surface area contributed by atoms with Crippen molar-refractivity contribution in [3.63, 3.8) is 0 Å². The van der Waals surface area contributed by atoms with Gasteiger partial charge in [-0.3, -0.25) is 0 Å². The molecule has 0 bridgehead atoms. The Morgan fingerprint density at radius 1 is 1.24 bits per heavy atom. The lowest BCUT2D eigenvalue weighted by atomic mass is 10.1. The van der Waals surface area contributed by atoms with Gasteiger partial charge in [0.15, 0.2) is 0 Å². The summed E-state index contributed by atoms with van der Waals surface area (Å²) in [6.45, 7) is 0.620. The highest BCUT2D eigenvalue weighted by Gasteiger charge is 2.20. The molecule has 3 aromatic rings. The third kappa shape index (κ3) is 3.37. The largest absolute Gasteiger partial charge is 0.461 e. The van der Waals surface area contributed by atoms with E-state index in [9.17, 15) is 15.0 Å². The highest BCUT2D eigenvalue weighted by molar-refractivity contribution is 6.11. The second kappa shape index (κ2) is 7.23. The molecule has 0 aliphatic rings. The lowest BCUT2D eigenvalue weighted by Crippen LogP contribution is -2.20. The number of carbonyl (C=O) groups excluding carboxylic acids is 1. The maximum atomic E-state index is 12.6. The first-order chi connectivity index (χ1) is 12.0. The van der Waals surface area contributed by atoms with Crippen molar-refractivity contribution in [2.75, 3.05) is 33.9 Å². The fourth-order valence-corrected chi connectivity index (χ4v) is 2.87. The van der Waals surface area contributed by atoms with Crippen LogP contribution in [0.2, 0.25) is 0 Å². The van der Waals surface area contributed by atoms with Crippen LogP contribution in [0.15, 0.2) is 42.6 Å². The maximum Gasteiger partial charge on any atom is 0.341 e. The Labute approximate surface area is 145 Å². The van der Waals surface area contributed by atoms with Crippen LogP contribution < -0.4 is 0 Å². The van der Waals surface area contributed by atoms with Crippen molar-refractivity contribution in [3.05, 3.63) is 53.7 Å². The Kier molecular flexibility index (Phi) is 5.03. The van der Waals surface area contributed by atoms with Gasteiger partial charge in [0.05, 0.1) is 23.2 Å². The summed E-state index contributed by atoms with van der Waals surface area (Å²) in [5.41, 5.74) is 2.66. The summed E-state index contributed by atoms with van der Waals surface area (Å²) >= 11 is 0. The average molecular weight is 342 g/mol. The fourth-order valence-electron chi connectivity index (χ4n) is 2.87. The topological polar surface area (TPSA) is 74.4 Å². The molecule has 132 valence electrons. The third-order valence-corrected chi connectivity index (χ3v) is 4.20. The van der Waals surface area contributed by atoms with E-state index in [1.807, 2.05) is 47.8 Å². The SMILES string of the molecule is CN(C)CCOC(=O)c1c2ccc(C(O)CO)cc2n2ccccc12. The molecule has 6 heteroatoms. The molecule has 0 radical (unpaired) electrons. The van der Waals surface area contributed by atoms with Gasteiger partial charge in [-0.25, -0.2) is 4.79 Å². The number of esters is 1. The van der Waals surface area contributed by atoms with Crippen molar-refractivity contribution in [2.45, 2.75) is 6.10 Å². The fraction of sp³-hybridized carbons (Fsp3) is 0.316. The number of aliphatic hydroxyl groups excluding tert-OH is 2. The molecule has 0 amide bonds. The number of fused-ring (bicyclic) bond motifs is 3. The number of ether oxygens (including phenoxy) is 1. The van der Waals surface area contributed by atoms with Gasteiger partial charge in [-0.15, -0.1) is 0 Å². The van der Waals surface area contributed by atoms with E-state index in [1.165, 1.54) is 0 Å². The zero-order valence-electron chi connectivity index (χ0n) is 14.3. The highest BCUT2D eigenvalue weighted by atomic mass is 16.5. The summed E-state index contributed by atoms with van der Waals surface area (Å²) in [5, 5.41) is 19.8. The summed E-state index contributed by atoms with van der Waals surface area (Å²) in [6, 6.07) is 10.9. The molecule has 0 aliphatic carbocycles. The van der Waals surface area contributed by atoms with E-state index >= 15 is 0 Å². The van der Waals surface area contributed by atoms with Crippen LogP contribution in [0.3, 0.4) is 0 Å². The van der Waals surface area contributed by atoms with Gasteiger partial charge in [0.1, 0.15) is 12.7 Å². The number of hydrogen-bond donors (Lipinski definition) is 2. The Balaban J connectivity index is 2.08.